The normalized spacial score (nSPS) is 2.15. The third-order valence-corrected chi connectivity index (χ3v) is 0. The van der Waals surface area contributed by atoms with E-state index in [-0.39, 0.29) is 52.0 Å². The Morgan fingerprint density at radius 3 is 0.308 bits per heavy atom. The van der Waals surface area contributed by atoms with Crippen molar-refractivity contribution in [3.63, 3.8) is 0 Å². The average Bonchev–Trinajstić information content (AvgIpc) is 2.45. The molecule has 0 atom stereocenters. The molecule has 0 amide bonds. The second-order valence-electron chi connectivity index (χ2n) is 0.730. The number of thiocyanates is 8. The zero-order valence-electron chi connectivity index (χ0n) is 11.8. The van der Waals surface area contributed by atoms with Crippen LogP contribution in [0.5, 0.6) is 0 Å². The molecular weight excluding hydrogens is 734 g/mol. The minimum Gasteiger partial charge on any atom is -0.696 e. The Balaban J connectivity index is -0.0000000139. The third-order valence-electron chi connectivity index (χ3n) is 0. The second-order valence-corrected chi connectivity index (χ2v) is 2.19. The van der Waals surface area contributed by atoms with Gasteiger partial charge in [0, 0.05) is 0 Å². The fourth-order valence-corrected chi connectivity index (χ4v) is 0. The van der Waals surface area contributed by atoms with E-state index in [9.17, 15) is 0 Å². The molecule has 0 N–H and O–H groups in total. The number of nitrogens with zero attached hydrogens (tertiary/aromatic N) is 8. The zero-order valence-corrected chi connectivity index (χ0v) is 24.4. The van der Waals surface area contributed by atoms with Crippen molar-refractivity contribution in [3.8, 4) is 43.2 Å². The molecule has 0 heterocycles. The van der Waals surface area contributed by atoms with Crippen LogP contribution in [0.25, 0.3) is 0 Å². The zero-order chi connectivity index (χ0) is 21.7. The van der Waals surface area contributed by atoms with Crippen molar-refractivity contribution >= 4 is 101 Å². The van der Waals surface area contributed by atoms with Crippen LogP contribution in [0.15, 0.2) is 0 Å². The van der Waals surface area contributed by atoms with E-state index < -0.39 is 0 Å². The van der Waals surface area contributed by atoms with Crippen molar-refractivity contribution in [3.05, 3.63) is 0 Å². The standard InChI is InChI=1S/8CHNS.Hf.Zr/c8*2-1-3;;/h8*3H;;/q;;;;;;;;2*+4/p-8. The summed E-state index contributed by atoms with van der Waals surface area (Å²) in [6, 6.07) is 0. The number of nitriles is 8. The van der Waals surface area contributed by atoms with Crippen molar-refractivity contribution in [1.29, 1.82) is 42.1 Å². The Bertz CT molecular complexity index is 366. The van der Waals surface area contributed by atoms with Crippen molar-refractivity contribution in [2.75, 3.05) is 0 Å². The molecule has 18 heteroatoms. The fourth-order valence-electron chi connectivity index (χ4n) is 0. The van der Waals surface area contributed by atoms with Crippen LogP contribution in [0.3, 0.4) is 0 Å². The van der Waals surface area contributed by atoms with Crippen LogP contribution < -0.4 is 0 Å². The van der Waals surface area contributed by atoms with Gasteiger partial charge in [-0.05, 0) is 0 Å². The molecule has 0 spiro atoms. The summed E-state index contributed by atoms with van der Waals surface area (Å²) in [5.74, 6) is 0. The van der Waals surface area contributed by atoms with Gasteiger partial charge in [-0.1, -0.05) is 43.2 Å². The predicted molar refractivity (Wildman–Crippen MR) is 104 cm³/mol. The first-order chi connectivity index (χ1) is 11.3. The van der Waals surface area contributed by atoms with Gasteiger partial charge in [0.15, 0.2) is 0 Å². The predicted octanol–water partition coefficient (Wildman–Crippen LogP) is 0.110. The second kappa shape index (κ2) is 243. The van der Waals surface area contributed by atoms with Gasteiger partial charge in [-0.15, -0.1) is 0 Å². The average molecular weight is 734 g/mol. The molecule has 0 saturated heterocycles. The third kappa shape index (κ3) is 36700. The summed E-state index contributed by atoms with van der Waals surface area (Å²) in [6.45, 7) is 0. The van der Waals surface area contributed by atoms with Crippen molar-refractivity contribution in [2.24, 2.45) is 0 Å². The van der Waals surface area contributed by atoms with E-state index in [0.717, 1.165) is 0 Å². The largest absolute Gasteiger partial charge is 4.00 e. The summed E-state index contributed by atoms with van der Waals surface area (Å²) in [5.41, 5.74) is 0. The van der Waals surface area contributed by atoms with Crippen LogP contribution in [0.4, 0.5) is 0 Å². The summed E-state index contributed by atoms with van der Waals surface area (Å²) >= 11 is 29.6. The Kier molecular flexibility index (Phi) is 595. The molecule has 26 heavy (non-hydrogen) atoms. The quantitative estimate of drug-likeness (QED) is 0.185. The Hall–Kier alpha value is -0.567. The van der Waals surface area contributed by atoms with E-state index >= 15 is 0 Å². The Morgan fingerprint density at radius 2 is 0.308 bits per heavy atom. The molecule has 0 aliphatic carbocycles. The minimum atomic E-state index is 0. The molecule has 0 saturated carbocycles. The molecule has 0 aliphatic heterocycles. The summed E-state index contributed by atoms with van der Waals surface area (Å²) < 4.78 is 0. The molecule has 0 aromatic carbocycles. The minimum absolute atomic E-state index is 0. The number of hydrogen-bond acceptors (Lipinski definition) is 16. The van der Waals surface area contributed by atoms with Crippen molar-refractivity contribution in [2.45, 2.75) is 0 Å². The van der Waals surface area contributed by atoms with E-state index in [0.29, 0.717) is 0 Å². The topological polar surface area (TPSA) is 190 Å². The number of hydrogen-bond donors (Lipinski definition) is 0. The van der Waals surface area contributed by atoms with Gasteiger partial charge >= 0.3 is 52.0 Å². The maximum atomic E-state index is 7.13. The molecule has 0 fully saturated rings. The van der Waals surface area contributed by atoms with Gasteiger partial charge in [0.1, 0.15) is 0 Å². The van der Waals surface area contributed by atoms with Crippen LogP contribution in [0.1, 0.15) is 0 Å². The summed E-state index contributed by atoms with van der Waals surface area (Å²) in [4.78, 5) is 0. The molecule has 0 aliphatic rings. The van der Waals surface area contributed by atoms with E-state index in [4.69, 9.17) is 42.1 Å². The molecule has 0 unspecified atom stereocenters. The molecular formula is C8HfN8S8Zr. The summed E-state index contributed by atoms with van der Waals surface area (Å²) in [7, 11) is 0. The Labute approximate surface area is 235 Å². The summed E-state index contributed by atoms with van der Waals surface area (Å²) in [6.07, 6.45) is 0. The van der Waals surface area contributed by atoms with Gasteiger partial charge in [-0.25, -0.2) is 42.1 Å². The van der Waals surface area contributed by atoms with Gasteiger partial charge < -0.3 is 101 Å². The maximum Gasteiger partial charge on any atom is 4.00 e. The molecule has 0 aromatic rings. The van der Waals surface area contributed by atoms with Crippen molar-refractivity contribution in [1.82, 2.24) is 0 Å². The molecule has 0 bridgehead atoms. The first-order valence-electron chi connectivity index (χ1n) is 3.42. The molecule has 8 nitrogen and oxygen atoms in total. The molecule has 0 rings (SSSR count). The van der Waals surface area contributed by atoms with E-state index in [2.05, 4.69) is 101 Å². The van der Waals surface area contributed by atoms with E-state index in [1.165, 1.54) is 43.2 Å². The van der Waals surface area contributed by atoms with Gasteiger partial charge in [-0.3, -0.25) is 0 Å². The van der Waals surface area contributed by atoms with Crippen LogP contribution >= 0.6 is 0 Å². The van der Waals surface area contributed by atoms with Gasteiger partial charge in [0.2, 0.25) is 0 Å². The number of rotatable bonds is 0. The fraction of sp³-hybridized carbons (Fsp3) is 0. The smallest absolute Gasteiger partial charge is 0.696 e. The van der Waals surface area contributed by atoms with E-state index in [1.54, 1.807) is 0 Å². The maximum absolute atomic E-state index is 7.13. The van der Waals surface area contributed by atoms with Gasteiger partial charge in [-0.2, -0.15) is 0 Å². The molecule has 128 valence electrons. The molecule has 0 aromatic heterocycles. The van der Waals surface area contributed by atoms with Crippen LogP contribution in [0, 0.1) is 85.3 Å². The van der Waals surface area contributed by atoms with Crippen LogP contribution in [-0.4, -0.2) is 0 Å². The van der Waals surface area contributed by atoms with E-state index in [1.807, 2.05) is 0 Å². The van der Waals surface area contributed by atoms with Gasteiger partial charge in [0.25, 0.3) is 0 Å². The van der Waals surface area contributed by atoms with Gasteiger partial charge in [0.05, 0.1) is 0 Å². The first kappa shape index (κ1) is 63.7. The first-order valence-corrected chi connectivity index (χ1v) is 6.69. The Morgan fingerprint density at radius 1 is 0.308 bits per heavy atom. The van der Waals surface area contributed by atoms with Crippen LogP contribution in [-0.2, 0) is 153 Å². The van der Waals surface area contributed by atoms with Crippen molar-refractivity contribution < 1.29 is 52.0 Å². The molecule has 0 radical (unpaired) electrons. The SMILES string of the molecule is N#C[S-].N#C[S-].N#C[S-].N#C[S-].N#C[S-].N#C[S-].N#C[S-].N#C[S-].[Hf+4].[Zr+4]. The summed E-state index contributed by atoms with van der Waals surface area (Å²) in [5, 5.41) is 67.7. The monoisotopic (exact) mass is 734 g/mol. The van der Waals surface area contributed by atoms with Crippen LogP contribution in [0.2, 0.25) is 0 Å².